The van der Waals surface area contributed by atoms with E-state index in [1.807, 2.05) is 0 Å². The van der Waals surface area contributed by atoms with E-state index < -0.39 is 127 Å². The first-order chi connectivity index (χ1) is 27.8. The van der Waals surface area contributed by atoms with Crippen LogP contribution in [0.15, 0.2) is 91.0 Å². The van der Waals surface area contributed by atoms with Gasteiger partial charge >= 0.3 is 34.4 Å². The van der Waals surface area contributed by atoms with Crippen LogP contribution in [0.5, 0.6) is 0 Å². The van der Waals surface area contributed by atoms with Crippen LogP contribution in [0, 0.1) is 69.8 Å². The fourth-order valence-corrected chi connectivity index (χ4v) is 7.29. The maximum Gasteiger partial charge on any atom is 1.00 e. The summed E-state index contributed by atoms with van der Waals surface area (Å²) >= 11 is 0. The van der Waals surface area contributed by atoms with Crippen molar-refractivity contribution in [3.05, 3.63) is 161 Å². The molecule has 0 atom stereocenters. The molecule has 292 valence electrons. The largest absolute Gasteiger partial charge is 1.00 e. The quantitative estimate of drug-likeness (QED) is 0.0723. The van der Waals surface area contributed by atoms with Crippen molar-refractivity contribution in [3.63, 3.8) is 0 Å². The second kappa shape index (κ2) is 14.6. The predicted octanol–water partition coefficient (Wildman–Crippen LogP) is 9.69. The summed E-state index contributed by atoms with van der Waals surface area (Å²) in [7, 11) is -4.08. The van der Waals surface area contributed by atoms with E-state index in [0.717, 1.165) is 0 Å². The van der Waals surface area contributed by atoms with Gasteiger partial charge in [-0.15, -0.1) is 0 Å². The number of rotatable bonds is 6. The van der Waals surface area contributed by atoms with Gasteiger partial charge in [-0.1, -0.05) is 91.0 Å². The average molecular weight is 1010 g/mol. The maximum atomic E-state index is 16.3. The molecule has 6 nitrogen and oxygen atoms in total. The molecular formula is C39H16BF12N6Tl. The van der Waals surface area contributed by atoms with Crippen LogP contribution in [0.25, 0.3) is 66.5 Å². The first-order valence-electron chi connectivity index (χ1n) is 16.9. The van der Waals surface area contributed by atoms with E-state index in [1.165, 1.54) is 91.0 Å². The second-order valence-electron chi connectivity index (χ2n) is 13.0. The first-order valence-corrected chi connectivity index (χ1v) is 16.9. The van der Waals surface area contributed by atoms with Gasteiger partial charge < -0.3 is 13.8 Å². The van der Waals surface area contributed by atoms with E-state index in [0.29, 0.717) is 13.8 Å². The zero-order valence-electron chi connectivity index (χ0n) is 29.2. The Bertz CT molecular complexity index is 2820. The molecule has 0 unspecified atom stereocenters. The standard InChI is InChI=1S/C39H16BF12N6.Tl/c41-22-19-34(16-10-4-1-5-11-16)53-56(37(19)31(50)28(47)25(22)44)40(57-38-20(23(42)26(45)29(48)32(38)51)35(54-57)17-12-6-2-7-13-17)58-39-21(24(43)27(46)30(49)33(39)52)36(55-58)18-14-8-3-9-15-18;/h1-15,40H;/q-1;+1. The summed E-state index contributed by atoms with van der Waals surface area (Å²) in [4.78, 5) is 0. The molecule has 0 aliphatic rings. The molecule has 0 saturated heterocycles. The average Bonchev–Trinajstić information content (AvgIpc) is 3.96. The van der Waals surface area contributed by atoms with E-state index in [4.69, 9.17) is 0 Å². The number of aromatic nitrogens is 6. The van der Waals surface area contributed by atoms with Crippen molar-refractivity contribution in [3.8, 4) is 33.8 Å². The molecular weight excluding hydrogens is 996 g/mol. The Kier molecular flexibility index (Phi) is 9.83. The summed E-state index contributed by atoms with van der Waals surface area (Å²) in [5.41, 5.74) is -6.08. The van der Waals surface area contributed by atoms with Crippen LogP contribution in [0.2, 0.25) is 0 Å². The minimum atomic E-state index is -4.08. The third-order valence-corrected chi connectivity index (χ3v) is 9.82. The predicted molar refractivity (Wildman–Crippen MR) is 194 cm³/mol. The number of benzene rings is 6. The van der Waals surface area contributed by atoms with Crippen molar-refractivity contribution in [2.75, 3.05) is 0 Å². The Morgan fingerprint density at radius 1 is 0.305 bits per heavy atom. The van der Waals surface area contributed by atoms with Crippen molar-refractivity contribution in [2.45, 2.75) is 0 Å². The fourth-order valence-electron chi connectivity index (χ4n) is 7.29. The van der Waals surface area contributed by atoms with Gasteiger partial charge in [-0.2, -0.15) is 0 Å². The topological polar surface area (TPSA) is 53.5 Å². The first kappa shape index (κ1) is 39.7. The van der Waals surface area contributed by atoms with E-state index in [1.54, 1.807) is 0 Å². The van der Waals surface area contributed by atoms with Gasteiger partial charge in [-0.05, 0) is 0 Å². The van der Waals surface area contributed by atoms with E-state index >= 15 is 52.7 Å². The van der Waals surface area contributed by atoms with Gasteiger partial charge in [0.15, 0.2) is 69.8 Å². The Balaban J connectivity index is 0.00000484. The zero-order chi connectivity index (χ0) is 40.9. The molecule has 0 amide bonds. The smallest absolute Gasteiger partial charge is 0.393 e. The molecule has 20 heteroatoms. The summed E-state index contributed by atoms with van der Waals surface area (Å²) in [6, 6.07) is 20.5. The van der Waals surface area contributed by atoms with Crippen LogP contribution in [0.3, 0.4) is 0 Å². The van der Waals surface area contributed by atoms with Crippen LogP contribution in [-0.2, 0) is 0 Å². The van der Waals surface area contributed by atoms with E-state index in [2.05, 4.69) is 15.3 Å². The minimum absolute atomic E-state index is 0. The minimum Gasteiger partial charge on any atom is -0.393 e. The van der Waals surface area contributed by atoms with Gasteiger partial charge in [0.25, 0.3) is 0 Å². The van der Waals surface area contributed by atoms with Crippen LogP contribution in [0.1, 0.15) is 0 Å². The normalized spacial score (nSPS) is 11.7. The molecule has 0 spiro atoms. The third-order valence-electron chi connectivity index (χ3n) is 9.82. The van der Waals surface area contributed by atoms with Crippen molar-refractivity contribution >= 4 is 67.1 Å². The molecule has 3 heterocycles. The van der Waals surface area contributed by atoms with E-state index in [-0.39, 0.29) is 44.0 Å². The van der Waals surface area contributed by atoms with Crippen LogP contribution < -0.4 is 0 Å². The number of fused-ring (bicyclic) bond motifs is 3. The number of halogens is 12. The molecule has 0 N–H and O–H groups in total. The molecule has 0 aliphatic heterocycles. The molecule has 6 aromatic carbocycles. The molecule has 9 rings (SSSR count). The molecule has 0 saturated carbocycles. The third kappa shape index (κ3) is 5.75. The van der Waals surface area contributed by atoms with Gasteiger partial charge in [0.1, 0.15) is 0 Å². The monoisotopic (exact) mass is 1010 g/mol. The molecule has 0 aliphatic carbocycles. The summed E-state index contributed by atoms with van der Waals surface area (Å²) < 4.78 is 189. The van der Waals surface area contributed by atoms with E-state index in [9.17, 15) is 0 Å². The molecule has 0 fully saturated rings. The molecule has 0 radical (unpaired) electrons. The SMILES string of the molecule is Fc1c(F)c(F)c2c(c(-c3ccccc3)nn2[BH-](n2nc(-c3ccccc3)c3c(F)c(F)c(F)c(F)c32)n2nc(-c3ccccc3)c3c(F)c(F)c(F)c(F)c32)c1F.[Tl+]. The fraction of sp³-hybridized carbons (Fsp3) is 0. The van der Waals surface area contributed by atoms with Gasteiger partial charge in [-0.3, -0.25) is 0 Å². The van der Waals surface area contributed by atoms with Crippen molar-refractivity contribution < 1.29 is 52.7 Å². The van der Waals surface area contributed by atoms with Gasteiger partial charge in [-0.25, -0.2) is 68.0 Å². The molecule has 9 aromatic rings. The van der Waals surface area contributed by atoms with Crippen LogP contribution in [-0.4, -0.2) is 63.5 Å². The Hall–Kier alpha value is -6.12. The van der Waals surface area contributed by atoms with Crippen LogP contribution >= 0.6 is 0 Å². The van der Waals surface area contributed by atoms with Crippen molar-refractivity contribution in [1.82, 2.24) is 29.1 Å². The summed E-state index contributed by atoms with van der Waals surface area (Å²) in [5.74, 6) is -26.7. The summed E-state index contributed by atoms with van der Waals surface area (Å²) in [5, 5.41) is 9.46. The van der Waals surface area contributed by atoms with Crippen molar-refractivity contribution in [2.24, 2.45) is 0 Å². The number of hydrogen-bond donors (Lipinski definition) is 0. The van der Waals surface area contributed by atoms with Gasteiger partial charge in [0, 0.05) is 16.7 Å². The Morgan fingerprint density at radius 2 is 0.525 bits per heavy atom. The van der Waals surface area contributed by atoms with Crippen molar-refractivity contribution in [1.29, 1.82) is 0 Å². The molecule has 59 heavy (non-hydrogen) atoms. The number of hydrogen-bond acceptors (Lipinski definition) is 3. The Labute approximate surface area is 342 Å². The second-order valence-corrected chi connectivity index (χ2v) is 13.0. The molecule has 0 bridgehead atoms. The maximum absolute atomic E-state index is 16.3. The molecule has 3 aromatic heterocycles. The number of nitrogens with zero attached hydrogens (tertiary/aromatic N) is 6. The Morgan fingerprint density at radius 3 is 0.763 bits per heavy atom. The summed E-state index contributed by atoms with van der Waals surface area (Å²) in [6.07, 6.45) is 0. The zero-order valence-corrected chi connectivity index (χ0v) is 33.7. The van der Waals surface area contributed by atoms with Gasteiger partial charge in [0.2, 0.25) is 0 Å². The van der Waals surface area contributed by atoms with Gasteiger partial charge in [0.05, 0.1) is 49.8 Å². The van der Waals surface area contributed by atoms with Crippen LogP contribution in [0.4, 0.5) is 52.7 Å². The summed E-state index contributed by atoms with van der Waals surface area (Å²) in [6.45, 7) is 0.